The standard InChI is InChI=1S/C21H24ClN3O/c1-26-21-7-3-2-5-19(21)6-4-12-23-25-15-13-24(14-16-25)17-18-8-10-20(22)11-9-18/h2-12H,13-17H2,1H3. The molecule has 0 spiro atoms. The fourth-order valence-corrected chi connectivity index (χ4v) is 3.07. The van der Waals surface area contributed by atoms with Crippen molar-refractivity contribution >= 4 is 23.9 Å². The normalized spacial score (nSPS) is 15.8. The van der Waals surface area contributed by atoms with Gasteiger partial charge in [-0.25, -0.2) is 0 Å². The number of hydrogen-bond acceptors (Lipinski definition) is 4. The average molecular weight is 370 g/mol. The monoisotopic (exact) mass is 369 g/mol. The summed E-state index contributed by atoms with van der Waals surface area (Å²) in [5.74, 6) is 0.868. The molecule has 1 aliphatic heterocycles. The molecule has 1 fully saturated rings. The Morgan fingerprint density at radius 3 is 2.50 bits per heavy atom. The maximum absolute atomic E-state index is 5.94. The Labute approximate surface area is 160 Å². The van der Waals surface area contributed by atoms with Gasteiger partial charge in [-0.05, 0) is 35.9 Å². The lowest BCUT2D eigenvalue weighted by molar-refractivity contribution is 0.131. The van der Waals surface area contributed by atoms with Crippen molar-refractivity contribution in [3.8, 4) is 5.75 Å². The third-order valence-corrected chi connectivity index (χ3v) is 4.65. The first-order chi connectivity index (χ1) is 12.7. The summed E-state index contributed by atoms with van der Waals surface area (Å²) in [7, 11) is 1.68. The number of hydrazone groups is 1. The number of benzene rings is 2. The molecule has 4 nitrogen and oxygen atoms in total. The van der Waals surface area contributed by atoms with E-state index in [1.807, 2.05) is 54.8 Å². The van der Waals surface area contributed by atoms with Gasteiger partial charge >= 0.3 is 0 Å². The zero-order valence-electron chi connectivity index (χ0n) is 15.0. The quantitative estimate of drug-likeness (QED) is 0.715. The number of ether oxygens (including phenoxy) is 1. The minimum atomic E-state index is 0.786. The Bertz CT molecular complexity index is 750. The molecule has 2 aromatic rings. The Kier molecular flexibility index (Phi) is 6.69. The van der Waals surface area contributed by atoms with Crippen molar-refractivity contribution in [3.05, 3.63) is 70.8 Å². The van der Waals surface area contributed by atoms with Crippen LogP contribution in [-0.4, -0.2) is 49.4 Å². The summed E-state index contributed by atoms with van der Waals surface area (Å²) in [6.07, 6.45) is 5.82. The summed E-state index contributed by atoms with van der Waals surface area (Å²) < 4.78 is 5.34. The van der Waals surface area contributed by atoms with Crippen molar-refractivity contribution in [2.75, 3.05) is 33.3 Å². The van der Waals surface area contributed by atoms with Gasteiger partial charge in [-0.1, -0.05) is 41.9 Å². The Balaban J connectivity index is 1.45. The Morgan fingerprint density at radius 1 is 1.04 bits per heavy atom. The van der Waals surface area contributed by atoms with Crippen molar-refractivity contribution in [1.82, 2.24) is 9.91 Å². The van der Waals surface area contributed by atoms with Crippen LogP contribution >= 0.6 is 11.6 Å². The highest BCUT2D eigenvalue weighted by molar-refractivity contribution is 6.30. The van der Waals surface area contributed by atoms with Gasteiger partial charge in [-0.2, -0.15) is 5.10 Å². The van der Waals surface area contributed by atoms with Crippen LogP contribution in [0.25, 0.3) is 6.08 Å². The van der Waals surface area contributed by atoms with E-state index < -0.39 is 0 Å². The second kappa shape index (κ2) is 9.41. The van der Waals surface area contributed by atoms with E-state index in [1.54, 1.807) is 7.11 Å². The molecule has 5 heteroatoms. The highest BCUT2D eigenvalue weighted by Gasteiger charge is 2.15. The minimum Gasteiger partial charge on any atom is -0.496 e. The lowest BCUT2D eigenvalue weighted by atomic mass is 10.2. The summed E-state index contributed by atoms with van der Waals surface area (Å²) in [5.41, 5.74) is 2.35. The summed E-state index contributed by atoms with van der Waals surface area (Å²) in [5, 5.41) is 7.45. The zero-order valence-corrected chi connectivity index (χ0v) is 15.8. The fourth-order valence-electron chi connectivity index (χ4n) is 2.94. The van der Waals surface area contributed by atoms with E-state index in [2.05, 4.69) is 27.1 Å². The van der Waals surface area contributed by atoms with Crippen molar-refractivity contribution < 1.29 is 4.74 Å². The van der Waals surface area contributed by atoms with Crippen molar-refractivity contribution in [1.29, 1.82) is 0 Å². The van der Waals surface area contributed by atoms with E-state index in [4.69, 9.17) is 16.3 Å². The van der Waals surface area contributed by atoms with Crippen LogP contribution in [0.4, 0.5) is 0 Å². The van der Waals surface area contributed by atoms with Gasteiger partial charge in [-0.15, -0.1) is 0 Å². The third-order valence-electron chi connectivity index (χ3n) is 4.40. The molecule has 0 N–H and O–H groups in total. The van der Waals surface area contributed by atoms with Crippen LogP contribution in [-0.2, 0) is 6.54 Å². The van der Waals surface area contributed by atoms with Gasteiger partial charge in [0.2, 0.25) is 0 Å². The van der Waals surface area contributed by atoms with Crippen LogP contribution < -0.4 is 4.74 Å². The number of methoxy groups -OCH3 is 1. The SMILES string of the molecule is COc1ccccc1C=CC=NN1CCN(Cc2ccc(Cl)cc2)CC1. The summed E-state index contributed by atoms with van der Waals surface area (Å²) >= 11 is 5.94. The smallest absolute Gasteiger partial charge is 0.126 e. The summed E-state index contributed by atoms with van der Waals surface area (Å²) in [4.78, 5) is 2.44. The van der Waals surface area contributed by atoms with Crippen LogP contribution in [0.3, 0.4) is 0 Å². The van der Waals surface area contributed by atoms with Gasteiger partial charge in [0.15, 0.2) is 0 Å². The molecule has 136 valence electrons. The number of rotatable bonds is 6. The molecular weight excluding hydrogens is 346 g/mol. The molecule has 1 heterocycles. The second-order valence-electron chi connectivity index (χ2n) is 6.22. The molecule has 2 aromatic carbocycles. The van der Waals surface area contributed by atoms with Gasteiger partial charge in [-0.3, -0.25) is 9.91 Å². The minimum absolute atomic E-state index is 0.786. The van der Waals surface area contributed by atoms with Crippen LogP contribution in [0.15, 0.2) is 59.7 Å². The van der Waals surface area contributed by atoms with E-state index in [0.29, 0.717) is 0 Å². The molecule has 26 heavy (non-hydrogen) atoms. The number of para-hydroxylation sites is 1. The average Bonchev–Trinajstić information content (AvgIpc) is 2.68. The van der Waals surface area contributed by atoms with Crippen molar-refractivity contribution in [2.24, 2.45) is 5.10 Å². The van der Waals surface area contributed by atoms with E-state index in [9.17, 15) is 0 Å². The molecule has 0 bridgehead atoms. The molecule has 0 radical (unpaired) electrons. The third kappa shape index (κ3) is 5.35. The largest absolute Gasteiger partial charge is 0.496 e. The lowest BCUT2D eigenvalue weighted by Crippen LogP contribution is -2.43. The van der Waals surface area contributed by atoms with Gasteiger partial charge in [0.1, 0.15) is 5.75 Å². The maximum Gasteiger partial charge on any atom is 0.126 e. The highest BCUT2D eigenvalue weighted by Crippen LogP contribution is 2.18. The molecule has 0 amide bonds. The number of nitrogens with zero attached hydrogens (tertiary/aromatic N) is 3. The number of halogens is 1. The molecule has 1 aliphatic rings. The number of allylic oxidation sites excluding steroid dienone is 1. The van der Waals surface area contributed by atoms with Crippen LogP contribution in [0.2, 0.25) is 5.02 Å². The molecule has 3 rings (SSSR count). The number of piperazine rings is 1. The molecule has 0 saturated carbocycles. The molecule has 0 aliphatic carbocycles. The molecule has 0 aromatic heterocycles. The van der Waals surface area contributed by atoms with E-state index >= 15 is 0 Å². The van der Waals surface area contributed by atoms with E-state index in [1.165, 1.54) is 5.56 Å². The van der Waals surface area contributed by atoms with Crippen LogP contribution in [0, 0.1) is 0 Å². The van der Waals surface area contributed by atoms with Gasteiger partial charge in [0.05, 0.1) is 7.11 Å². The first kappa shape index (κ1) is 18.5. The molecule has 0 unspecified atom stereocenters. The first-order valence-corrected chi connectivity index (χ1v) is 9.18. The fraction of sp³-hybridized carbons (Fsp3) is 0.286. The number of hydrogen-bond donors (Lipinski definition) is 0. The Morgan fingerprint density at radius 2 is 1.77 bits per heavy atom. The summed E-state index contributed by atoms with van der Waals surface area (Å²) in [6.45, 7) is 4.86. The molecule has 0 atom stereocenters. The van der Waals surface area contributed by atoms with Gasteiger partial charge in [0, 0.05) is 49.5 Å². The highest BCUT2D eigenvalue weighted by atomic mass is 35.5. The summed E-state index contributed by atoms with van der Waals surface area (Å²) in [6, 6.07) is 16.0. The topological polar surface area (TPSA) is 28.1 Å². The van der Waals surface area contributed by atoms with Crippen molar-refractivity contribution in [3.63, 3.8) is 0 Å². The molecular formula is C21H24ClN3O. The van der Waals surface area contributed by atoms with Crippen LogP contribution in [0.5, 0.6) is 5.75 Å². The Hall–Kier alpha value is -2.30. The van der Waals surface area contributed by atoms with Gasteiger partial charge in [0.25, 0.3) is 0 Å². The lowest BCUT2D eigenvalue weighted by Gasteiger charge is -2.32. The van der Waals surface area contributed by atoms with Crippen LogP contribution in [0.1, 0.15) is 11.1 Å². The second-order valence-corrected chi connectivity index (χ2v) is 6.66. The van der Waals surface area contributed by atoms with Crippen molar-refractivity contribution in [2.45, 2.75) is 6.54 Å². The maximum atomic E-state index is 5.94. The van der Waals surface area contributed by atoms with E-state index in [0.717, 1.165) is 49.1 Å². The first-order valence-electron chi connectivity index (χ1n) is 8.80. The molecule has 1 saturated heterocycles. The zero-order chi connectivity index (χ0) is 18.2. The predicted molar refractivity (Wildman–Crippen MR) is 109 cm³/mol. The predicted octanol–water partition coefficient (Wildman–Crippen LogP) is 4.17. The van der Waals surface area contributed by atoms with Gasteiger partial charge < -0.3 is 4.74 Å². The van der Waals surface area contributed by atoms with E-state index in [-0.39, 0.29) is 0 Å².